The van der Waals surface area contributed by atoms with E-state index in [0.29, 0.717) is 19.8 Å². The zero-order chi connectivity index (χ0) is 26.5. The number of benzene rings is 3. The molecule has 0 radical (unpaired) electrons. The van der Waals surface area contributed by atoms with Crippen LogP contribution in [0.2, 0.25) is 0 Å². The van der Waals surface area contributed by atoms with E-state index < -0.39 is 20.0 Å². The van der Waals surface area contributed by atoms with Crippen LogP contribution in [0.4, 0.5) is 0 Å². The minimum absolute atomic E-state index is 0.129. The largest absolute Gasteiger partial charge is 0.378 e. The molecule has 0 amide bonds. The predicted octanol–water partition coefficient (Wildman–Crippen LogP) is 2.83. The van der Waals surface area contributed by atoms with E-state index in [1.165, 1.54) is 0 Å². The van der Waals surface area contributed by atoms with E-state index in [-0.39, 0.29) is 35.0 Å². The summed E-state index contributed by atoms with van der Waals surface area (Å²) < 4.78 is 62.9. The first-order valence-corrected chi connectivity index (χ1v) is 15.1. The highest BCUT2D eigenvalue weighted by Crippen LogP contribution is 2.19. The third kappa shape index (κ3) is 7.25. The lowest BCUT2D eigenvalue weighted by molar-refractivity contribution is -0.0493. The Morgan fingerprint density at radius 1 is 0.703 bits per heavy atom. The van der Waals surface area contributed by atoms with Gasteiger partial charge in [-0.2, -0.15) is 0 Å². The number of nitrogens with one attached hydrogen (secondary N) is 2. The number of rotatable bonds is 10. The zero-order valence-electron chi connectivity index (χ0n) is 21.0. The van der Waals surface area contributed by atoms with E-state index in [9.17, 15) is 16.8 Å². The molecule has 2 atom stereocenters. The fourth-order valence-corrected chi connectivity index (χ4v) is 6.39. The quantitative estimate of drug-likeness (QED) is 0.408. The van der Waals surface area contributed by atoms with Crippen molar-refractivity contribution in [2.24, 2.45) is 0 Å². The summed E-state index contributed by atoms with van der Waals surface area (Å²) in [5, 5.41) is 0. The molecule has 10 heteroatoms. The van der Waals surface area contributed by atoms with E-state index >= 15 is 0 Å². The molecule has 1 fully saturated rings. The van der Waals surface area contributed by atoms with Crippen LogP contribution >= 0.6 is 0 Å². The van der Waals surface area contributed by atoms with Gasteiger partial charge in [0, 0.05) is 31.7 Å². The van der Waals surface area contributed by atoms with Crippen LogP contribution in [0, 0.1) is 13.8 Å². The first-order chi connectivity index (χ1) is 17.6. The Morgan fingerprint density at radius 3 is 1.57 bits per heavy atom. The molecular weight excluding hydrogens is 510 g/mol. The molecule has 198 valence electrons. The summed E-state index contributed by atoms with van der Waals surface area (Å²) in [5.74, 6) is 0. The fraction of sp³-hybridized carbons (Fsp3) is 0.333. The minimum atomic E-state index is -3.71. The summed E-state index contributed by atoms with van der Waals surface area (Å²) in [4.78, 5) is 2.52. The molecule has 4 rings (SSSR count). The fourth-order valence-electron chi connectivity index (χ4n) is 4.25. The molecule has 1 aliphatic rings. The van der Waals surface area contributed by atoms with Crippen LogP contribution in [0.15, 0.2) is 88.7 Å². The highest BCUT2D eigenvalue weighted by Gasteiger charge is 2.33. The molecule has 0 saturated carbocycles. The summed E-state index contributed by atoms with van der Waals surface area (Å²) in [6.45, 7) is 5.23. The van der Waals surface area contributed by atoms with E-state index in [4.69, 9.17) is 4.74 Å². The van der Waals surface area contributed by atoms with Gasteiger partial charge in [-0.3, -0.25) is 4.90 Å². The standard InChI is InChI=1S/C27H33N3O5S2/c1-21-8-12-26(13-9-21)36(31,32)28-16-24-19-35-20-25(30(24)18-23-6-4-3-5-7-23)17-29-37(33,34)27-14-10-22(2)11-15-27/h3-15,24-25,28-29H,16-20H2,1-2H3. The van der Waals surface area contributed by atoms with Crippen LogP contribution in [0.3, 0.4) is 0 Å². The van der Waals surface area contributed by atoms with Crippen molar-refractivity contribution < 1.29 is 21.6 Å². The molecule has 1 heterocycles. The number of ether oxygens (including phenoxy) is 1. The second-order valence-corrected chi connectivity index (χ2v) is 12.9. The van der Waals surface area contributed by atoms with Crippen LogP contribution in [0.5, 0.6) is 0 Å². The van der Waals surface area contributed by atoms with Crippen LogP contribution in [0.25, 0.3) is 0 Å². The molecule has 1 saturated heterocycles. The van der Waals surface area contributed by atoms with Crippen molar-refractivity contribution in [3.05, 3.63) is 95.6 Å². The zero-order valence-corrected chi connectivity index (χ0v) is 22.6. The molecule has 0 spiro atoms. The number of hydrogen-bond acceptors (Lipinski definition) is 6. The lowest BCUT2D eigenvalue weighted by atomic mass is 10.1. The van der Waals surface area contributed by atoms with Crippen LogP contribution in [0.1, 0.15) is 16.7 Å². The second-order valence-electron chi connectivity index (χ2n) is 9.33. The molecule has 1 aliphatic heterocycles. The van der Waals surface area contributed by atoms with Crippen molar-refractivity contribution in [3.63, 3.8) is 0 Å². The smallest absolute Gasteiger partial charge is 0.240 e. The predicted molar refractivity (Wildman–Crippen MR) is 143 cm³/mol. The number of nitrogens with zero attached hydrogens (tertiary/aromatic N) is 1. The summed E-state index contributed by atoms with van der Waals surface area (Å²) in [6.07, 6.45) is 0. The lowest BCUT2D eigenvalue weighted by Gasteiger charge is -2.42. The number of aryl methyl sites for hydroxylation is 2. The SMILES string of the molecule is Cc1ccc(S(=O)(=O)NCC2COCC(CNS(=O)(=O)c3ccc(C)cc3)N2Cc2ccccc2)cc1. The maximum Gasteiger partial charge on any atom is 0.240 e. The van der Waals surface area contributed by atoms with E-state index in [1.54, 1.807) is 48.5 Å². The normalized spacial score (nSPS) is 19.1. The Bertz CT molecular complexity index is 1290. The van der Waals surface area contributed by atoms with Gasteiger partial charge in [0.1, 0.15) is 0 Å². The van der Waals surface area contributed by atoms with Crippen molar-refractivity contribution in [2.45, 2.75) is 42.3 Å². The summed E-state index contributed by atoms with van der Waals surface area (Å²) >= 11 is 0. The maximum atomic E-state index is 12.9. The highest BCUT2D eigenvalue weighted by atomic mass is 32.2. The average Bonchev–Trinajstić information content (AvgIpc) is 2.88. The van der Waals surface area contributed by atoms with Gasteiger partial charge < -0.3 is 4.74 Å². The Hall–Kier alpha value is -2.60. The number of sulfonamides is 2. The van der Waals surface area contributed by atoms with Gasteiger partial charge in [-0.05, 0) is 43.7 Å². The van der Waals surface area contributed by atoms with Gasteiger partial charge in [-0.1, -0.05) is 65.7 Å². The van der Waals surface area contributed by atoms with Gasteiger partial charge in [0.25, 0.3) is 0 Å². The molecule has 0 aliphatic carbocycles. The lowest BCUT2D eigenvalue weighted by Crippen LogP contribution is -2.58. The first-order valence-electron chi connectivity index (χ1n) is 12.1. The van der Waals surface area contributed by atoms with E-state index in [1.807, 2.05) is 44.2 Å². The van der Waals surface area contributed by atoms with Crippen LogP contribution in [-0.4, -0.2) is 60.1 Å². The third-order valence-corrected chi connectivity index (χ3v) is 9.33. The molecular formula is C27H33N3O5S2. The molecule has 37 heavy (non-hydrogen) atoms. The average molecular weight is 544 g/mol. The maximum absolute atomic E-state index is 12.9. The van der Waals surface area contributed by atoms with Gasteiger partial charge >= 0.3 is 0 Å². The number of hydrogen-bond donors (Lipinski definition) is 2. The van der Waals surface area contributed by atoms with Gasteiger partial charge in [-0.15, -0.1) is 0 Å². The van der Waals surface area contributed by atoms with Gasteiger partial charge in [0.05, 0.1) is 23.0 Å². The Morgan fingerprint density at radius 2 is 1.14 bits per heavy atom. The molecule has 3 aromatic rings. The Kier molecular flexibility index (Phi) is 8.79. The highest BCUT2D eigenvalue weighted by molar-refractivity contribution is 7.89. The van der Waals surface area contributed by atoms with Crippen LogP contribution in [-0.2, 0) is 31.3 Å². The first kappa shape index (κ1) is 27.4. The summed E-state index contributed by atoms with van der Waals surface area (Å²) in [6, 6.07) is 22.6. The van der Waals surface area contributed by atoms with Crippen molar-refractivity contribution in [3.8, 4) is 0 Å². The molecule has 2 N–H and O–H groups in total. The molecule has 0 aromatic heterocycles. The summed E-state index contributed by atoms with van der Waals surface area (Å²) in [7, 11) is -7.42. The van der Waals surface area contributed by atoms with Crippen molar-refractivity contribution in [1.29, 1.82) is 0 Å². The monoisotopic (exact) mass is 543 g/mol. The van der Waals surface area contributed by atoms with Gasteiger partial charge in [0.15, 0.2) is 0 Å². The molecule has 8 nitrogen and oxygen atoms in total. The third-order valence-electron chi connectivity index (χ3n) is 6.45. The van der Waals surface area contributed by atoms with E-state index in [0.717, 1.165) is 16.7 Å². The minimum Gasteiger partial charge on any atom is -0.378 e. The summed E-state index contributed by atoms with van der Waals surface area (Å²) in [5.41, 5.74) is 3.00. The van der Waals surface area contributed by atoms with E-state index in [2.05, 4.69) is 14.3 Å². The second kappa shape index (κ2) is 11.8. The molecule has 2 unspecified atom stereocenters. The van der Waals surface area contributed by atoms with Crippen molar-refractivity contribution >= 4 is 20.0 Å². The Balaban J connectivity index is 1.50. The van der Waals surface area contributed by atoms with Crippen LogP contribution < -0.4 is 9.44 Å². The topological polar surface area (TPSA) is 105 Å². The van der Waals surface area contributed by atoms with Crippen molar-refractivity contribution in [2.75, 3.05) is 26.3 Å². The van der Waals surface area contributed by atoms with Gasteiger partial charge in [0.2, 0.25) is 20.0 Å². The Labute approximate surface area is 219 Å². The van der Waals surface area contributed by atoms with Crippen molar-refractivity contribution in [1.82, 2.24) is 14.3 Å². The molecule has 0 bridgehead atoms. The number of morpholine rings is 1. The molecule has 3 aromatic carbocycles. The van der Waals surface area contributed by atoms with Gasteiger partial charge in [-0.25, -0.2) is 26.3 Å².